The Bertz CT molecular complexity index is 654. The van der Waals surface area contributed by atoms with Crippen LogP contribution in [0.15, 0.2) is 42.0 Å². The summed E-state index contributed by atoms with van der Waals surface area (Å²) in [7, 11) is 0. The Labute approximate surface area is 126 Å². The second-order valence-corrected chi connectivity index (χ2v) is 4.95. The van der Waals surface area contributed by atoms with Crippen molar-refractivity contribution >= 4 is 11.8 Å². The third kappa shape index (κ3) is 4.00. The van der Waals surface area contributed by atoms with Crippen LogP contribution in [0.1, 0.15) is 23.7 Å². The molecule has 22 heavy (non-hydrogen) atoms. The van der Waals surface area contributed by atoms with Gasteiger partial charge in [0.1, 0.15) is 17.7 Å². The van der Waals surface area contributed by atoms with Crippen LogP contribution in [-0.2, 0) is 4.79 Å². The van der Waals surface area contributed by atoms with E-state index in [4.69, 9.17) is 0 Å². The number of nitrogens with one attached hydrogen (secondary N) is 2. The van der Waals surface area contributed by atoms with Gasteiger partial charge in [0.15, 0.2) is 0 Å². The van der Waals surface area contributed by atoms with Gasteiger partial charge < -0.3 is 10.6 Å². The molecule has 1 aliphatic carbocycles. The zero-order valence-electron chi connectivity index (χ0n) is 12.0. The van der Waals surface area contributed by atoms with E-state index in [0.29, 0.717) is 12.6 Å². The third-order valence-electron chi connectivity index (χ3n) is 3.23. The van der Waals surface area contributed by atoms with Gasteiger partial charge in [-0.25, -0.2) is 8.78 Å². The summed E-state index contributed by atoms with van der Waals surface area (Å²) in [6.45, 7) is 1.87. The fraction of sp³-hybridized carbons (Fsp3) is 0.250. The summed E-state index contributed by atoms with van der Waals surface area (Å²) in [6, 6.07) is 1.82. The monoisotopic (exact) mass is 306 g/mol. The van der Waals surface area contributed by atoms with E-state index in [1.54, 1.807) is 0 Å². The van der Waals surface area contributed by atoms with Crippen molar-refractivity contribution < 1.29 is 18.4 Å². The number of carbonyl (C=O) groups excluding carboxylic acids is 2. The van der Waals surface area contributed by atoms with Crippen LogP contribution in [-0.4, -0.2) is 24.4 Å². The van der Waals surface area contributed by atoms with Gasteiger partial charge in [0, 0.05) is 12.6 Å². The fourth-order valence-corrected chi connectivity index (χ4v) is 1.99. The van der Waals surface area contributed by atoms with Gasteiger partial charge in [-0.3, -0.25) is 9.59 Å². The van der Waals surface area contributed by atoms with Gasteiger partial charge in [-0.15, -0.1) is 0 Å². The van der Waals surface area contributed by atoms with Crippen molar-refractivity contribution in [3.8, 4) is 0 Å². The van der Waals surface area contributed by atoms with Crippen LogP contribution in [0.5, 0.6) is 0 Å². The quantitative estimate of drug-likeness (QED) is 0.875. The molecule has 2 N–H and O–H groups in total. The molecule has 1 unspecified atom stereocenters. The lowest BCUT2D eigenvalue weighted by molar-refractivity contribution is -0.122. The van der Waals surface area contributed by atoms with Gasteiger partial charge in [0.05, 0.1) is 5.56 Å². The van der Waals surface area contributed by atoms with Gasteiger partial charge in [-0.2, -0.15) is 0 Å². The molecule has 2 rings (SSSR count). The van der Waals surface area contributed by atoms with E-state index in [-0.39, 0.29) is 11.5 Å². The molecule has 0 heterocycles. The Morgan fingerprint density at radius 3 is 2.73 bits per heavy atom. The Hall–Kier alpha value is -2.50. The predicted molar refractivity (Wildman–Crippen MR) is 78.1 cm³/mol. The topological polar surface area (TPSA) is 58.2 Å². The van der Waals surface area contributed by atoms with Crippen LogP contribution in [0.3, 0.4) is 0 Å². The van der Waals surface area contributed by atoms with E-state index >= 15 is 0 Å². The van der Waals surface area contributed by atoms with Gasteiger partial charge in [-0.1, -0.05) is 18.2 Å². The number of hydrogen-bond donors (Lipinski definition) is 2. The van der Waals surface area contributed by atoms with Crippen LogP contribution in [0.4, 0.5) is 8.78 Å². The van der Waals surface area contributed by atoms with Crippen molar-refractivity contribution in [3.05, 3.63) is 59.2 Å². The average Bonchev–Trinajstić information content (AvgIpc) is 2.97. The van der Waals surface area contributed by atoms with Crippen LogP contribution in [0.2, 0.25) is 0 Å². The lowest BCUT2D eigenvalue weighted by Gasteiger charge is -2.14. The molecule has 1 atom stereocenters. The number of hydrogen-bond acceptors (Lipinski definition) is 2. The summed E-state index contributed by atoms with van der Waals surface area (Å²) in [6.07, 6.45) is 6.72. The van der Waals surface area contributed by atoms with Crippen molar-refractivity contribution in [1.82, 2.24) is 10.6 Å². The molecule has 0 aliphatic heterocycles. The summed E-state index contributed by atoms with van der Waals surface area (Å²) in [5, 5.41) is 5.06. The second-order valence-electron chi connectivity index (χ2n) is 4.95. The predicted octanol–water partition coefficient (Wildman–Crippen LogP) is 2.09. The molecule has 0 saturated carbocycles. The van der Waals surface area contributed by atoms with Gasteiger partial charge in [-0.05, 0) is 31.1 Å². The number of halogens is 2. The van der Waals surface area contributed by atoms with Gasteiger partial charge >= 0.3 is 0 Å². The van der Waals surface area contributed by atoms with Crippen LogP contribution in [0, 0.1) is 11.6 Å². The third-order valence-corrected chi connectivity index (χ3v) is 3.23. The maximum Gasteiger partial charge on any atom is 0.254 e. The maximum absolute atomic E-state index is 13.5. The van der Waals surface area contributed by atoms with Crippen LogP contribution < -0.4 is 10.6 Å². The highest BCUT2D eigenvalue weighted by atomic mass is 19.1. The lowest BCUT2D eigenvalue weighted by atomic mass is 10.1. The first-order valence-corrected chi connectivity index (χ1v) is 6.86. The normalized spacial score (nSPS) is 14.4. The van der Waals surface area contributed by atoms with E-state index in [2.05, 4.69) is 10.6 Å². The molecule has 2 amide bonds. The molecule has 0 saturated heterocycles. The molecule has 4 nitrogen and oxygen atoms in total. The second kappa shape index (κ2) is 6.98. The van der Waals surface area contributed by atoms with E-state index < -0.39 is 23.6 Å². The summed E-state index contributed by atoms with van der Waals surface area (Å²) in [5.41, 5.74) is 0.693. The smallest absolute Gasteiger partial charge is 0.254 e. The standard InChI is InChI=1S/C16H16F2N2O2/c1-10(15(21)19-9-11-4-2-3-5-11)20-16(22)13-7-6-12(17)8-14(13)18/h2,4-8,10H,3,9H2,1H3,(H,19,21)(H,20,22). The van der Waals surface area contributed by atoms with E-state index in [9.17, 15) is 18.4 Å². The molecule has 116 valence electrons. The first kappa shape index (κ1) is 15.9. The molecule has 6 heteroatoms. The summed E-state index contributed by atoms with van der Waals surface area (Å²) < 4.78 is 26.3. The molecular weight excluding hydrogens is 290 g/mol. The number of carbonyl (C=O) groups is 2. The molecule has 1 aromatic carbocycles. The number of allylic oxidation sites excluding steroid dienone is 2. The van der Waals surface area contributed by atoms with Crippen molar-refractivity contribution in [2.45, 2.75) is 19.4 Å². The van der Waals surface area contributed by atoms with Gasteiger partial charge in [0.25, 0.3) is 5.91 Å². The van der Waals surface area contributed by atoms with E-state index in [1.165, 1.54) is 6.92 Å². The molecular formula is C16H16F2N2O2. The Morgan fingerprint density at radius 2 is 2.09 bits per heavy atom. The first-order valence-electron chi connectivity index (χ1n) is 6.86. The first-order chi connectivity index (χ1) is 10.5. The minimum absolute atomic E-state index is 0.303. The number of rotatable bonds is 5. The summed E-state index contributed by atoms with van der Waals surface area (Å²) in [4.78, 5) is 23.8. The Balaban J connectivity index is 1.89. The van der Waals surface area contributed by atoms with Crippen molar-refractivity contribution in [2.75, 3.05) is 6.54 Å². The maximum atomic E-state index is 13.5. The SMILES string of the molecule is CC(NC(=O)c1ccc(F)cc1F)C(=O)NCC1=CCC=C1. The molecule has 1 aromatic rings. The van der Waals surface area contributed by atoms with Crippen molar-refractivity contribution in [3.63, 3.8) is 0 Å². The highest BCUT2D eigenvalue weighted by molar-refractivity contribution is 5.97. The molecule has 1 aliphatic rings. The minimum atomic E-state index is -0.966. The molecule has 0 radical (unpaired) electrons. The zero-order valence-corrected chi connectivity index (χ0v) is 12.0. The molecule has 0 spiro atoms. The highest BCUT2D eigenvalue weighted by Gasteiger charge is 2.19. The Morgan fingerprint density at radius 1 is 1.32 bits per heavy atom. The fourth-order valence-electron chi connectivity index (χ4n) is 1.99. The summed E-state index contributed by atoms with van der Waals surface area (Å²) in [5.74, 6) is -2.87. The number of benzene rings is 1. The molecule has 0 bridgehead atoms. The Kier molecular flexibility index (Phi) is 5.04. The van der Waals surface area contributed by atoms with Crippen LogP contribution >= 0.6 is 0 Å². The number of amides is 2. The zero-order chi connectivity index (χ0) is 16.1. The molecule has 0 fully saturated rings. The van der Waals surface area contributed by atoms with Crippen LogP contribution in [0.25, 0.3) is 0 Å². The lowest BCUT2D eigenvalue weighted by Crippen LogP contribution is -2.45. The summed E-state index contributed by atoms with van der Waals surface area (Å²) >= 11 is 0. The average molecular weight is 306 g/mol. The molecule has 0 aromatic heterocycles. The van der Waals surface area contributed by atoms with E-state index in [0.717, 1.165) is 24.1 Å². The van der Waals surface area contributed by atoms with Crippen molar-refractivity contribution in [2.24, 2.45) is 0 Å². The minimum Gasteiger partial charge on any atom is -0.350 e. The van der Waals surface area contributed by atoms with E-state index in [1.807, 2.05) is 18.2 Å². The van der Waals surface area contributed by atoms with Gasteiger partial charge in [0.2, 0.25) is 5.91 Å². The largest absolute Gasteiger partial charge is 0.350 e. The van der Waals surface area contributed by atoms with Crippen molar-refractivity contribution in [1.29, 1.82) is 0 Å². The highest BCUT2D eigenvalue weighted by Crippen LogP contribution is 2.10.